The van der Waals surface area contributed by atoms with Gasteiger partial charge in [0.2, 0.25) is 0 Å². The second kappa shape index (κ2) is 6.50. The van der Waals surface area contributed by atoms with E-state index in [1.807, 2.05) is 13.8 Å². The fourth-order valence-electron chi connectivity index (χ4n) is 2.80. The molecule has 0 spiro atoms. The summed E-state index contributed by atoms with van der Waals surface area (Å²) in [5.41, 5.74) is 1.91. The number of aromatic nitrogens is 1. The van der Waals surface area contributed by atoms with Crippen LogP contribution in [0.4, 0.5) is 18.0 Å². The van der Waals surface area contributed by atoms with Crippen LogP contribution in [0.3, 0.4) is 0 Å². The number of halogens is 3. The number of urea groups is 1. The van der Waals surface area contributed by atoms with Gasteiger partial charge in [-0.2, -0.15) is 0 Å². The number of carbonyl (C=O) groups excluding carboxylic acids is 1. The first kappa shape index (κ1) is 17.4. The quantitative estimate of drug-likeness (QED) is 0.867. The predicted octanol–water partition coefficient (Wildman–Crippen LogP) is 4.11. The highest BCUT2D eigenvalue weighted by Crippen LogP contribution is 2.35. The Hall–Kier alpha value is -2.38. The first-order chi connectivity index (χ1) is 11.7. The number of hydrogen-bond acceptors (Lipinski definition) is 2. The van der Waals surface area contributed by atoms with E-state index in [0.29, 0.717) is 16.5 Å². The summed E-state index contributed by atoms with van der Waals surface area (Å²) in [6.45, 7) is 5.42. The SMILES string of the molecule is CC(C)c1cc2[nH]c(CNC(=O)N3CCC3)cc2cc1OC(F)(F)F. The van der Waals surface area contributed by atoms with Crippen molar-refractivity contribution in [3.63, 3.8) is 0 Å². The molecule has 2 amide bonds. The van der Waals surface area contributed by atoms with E-state index in [4.69, 9.17) is 0 Å². The summed E-state index contributed by atoms with van der Waals surface area (Å²) in [5.74, 6) is -0.315. The average Bonchev–Trinajstić information content (AvgIpc) is 2.82. The van der Waals surface area contributed by atoms with Crippen LogP contribution in [0.2, 0.25) is 0 Å². The third kappa shape index (κ3) is 4.00. The van der Waals surface area contributed by atoms with Crippen molar-refractivity contribution in [2.45, 2.75) is 39.1 Å². The molecule has 3 rings (SSSR count). The monoisotopic (exact) mass is 355 g/mol. The number of benzene rings is 1. The Balaban J connectivity index is 1.82. The van der Waals surface area contributed by atoms with E-state index in [1.54, 1.807) is 17.0 Å². The minimum atomic E-state index is -4.73. The number of aromatic amines is 1. The van der Waals surface area contributed by atoms with Gasteiger partial charge in [0, 0.05) is 29.7 Å². The third-order valence-electron chi connectivity index (χ3n) is 4.23. The van der Waals surface area contributed by atoms with Gasteiger partial charge in [-0.25, -0.2) is 4.79 Å². The lowest BCUT2D eigenvalue weighted by molar-refractivity contribution is -0.274. The molecular weight excluding hydrogens is 335 g/mol. The molecule has 25 heavy (non-hydrogen) atoms. The van der Waals surface area contributed by atoms with Gasteiger partial charge in [0.1, 0.15) is 5.75 Å². The third-order valence-corrected chi connectivity index (χ3v) is 4.23. The summed E-state index contributed by atoms with van der Waals surface area (Å²) in [6.07, 6.45) is -3.72. The van der Waals surface area contributed by atoms with E-state index < -0.39 is 6.36 Å². The van der Waals surface area contributed by atoms with Crippen LogP contribution >= 0.6 is 0 Å². The first-order valence-corrected chi connectivity index (χ1v) is 8.17. The summed E-state index contributed by atoms with van der Waals surface area (Å²) in [5, 5.41) is 3.40. The fourth-order valence-corrected chi connectivity index (χ4v) is 2.80. The molecule has 0 saturated carbocycles. The zero-order valence-electron chi connectivity index (χ0n) is 14.0. The molecule has 1 aliphatic rings. The summed E-state index contributed by atoms with van der Waals surface area (Å²) in [6, 6.07) is 4.64. The van der Waals surface area contributed by atoms with E-state index in [2.05, 4.69) is 15.0 Å². The van der Waals surface area contributed by atoms with Gasteiger partial charge in [0.05, 0.1) is 6.54 Å². The summed E-state index contributed by atoms with van der Waals surface area (Å²) < 4.78 is 42.1. The van der Waals surface area contributed by atoms with Crippen molar-refractivity contribution in [2.24, 2.45) is 0 Å². The van der Waals surface area contributed by atoms with Gasteiger partial charge in [-0.1, -0.05) is 13.8 Å². The van der Waals surface area contributed by atoms with Crippen LogP contribution in [-0.2, 0) is 6.54 Å². The Morgan fingerprint density at radius 2 is 2.04 bits per heavy atom. The molecule has 1 aromatic carbocycles. The molecule has 0 unspecified atom stereocenters. The number of likely N-dealkylation sites (tertiary alicyclic amines) is 1. The van der Waals surface area contributed by atoms with Crippen molar-refractivity contribution in [1.82, 2.24) is 15.2 Å². The number of H-pyrrole nitrogens is 1. The number of amides is 2. The normalized spacial score (nSPS) is 14.7. The molecule has 2 heterocycles. The standard InChI is InChI=1S/C17H20F3N3O2/c1-10(2)13-8-14-11(7-15(13)25-17(18,19)20)6-12(22-14)9-21-16(24)23-4-3-5-23/h6-8,10,22H,3-5,9H2,1-2H3,(H,21,24). The summed E-state index contributed by atoms with van der Waals surface area (Å²) in [4.78, 5) is 16.7. The molecule has 2 N–H and O–H groups in total. The summed E-state index contributed by atoms with van der Waals surface area (Å²) >= 11 is 0. The number of nitrogens with zero attached hydrogens (tertiary/aromatic N) is 1. The molecule has 1 aromatic heterocycles. The lowest BCUT2D eigenvalue weighted by atomic mass is 10.0. The van der Waals surface area contributed by atoms with Crippen LogP contribution in [0.25, 0.3) is 10.9 Å². The van der Waals surface area contributed by atoms with Gasteiger partial charge in [-0.15, -0.1) is 13.2 Å². The highest BCUT2D eigenvalue weighted by Gasteiger charge is 2.32. The highest BCUT2D eigenvalue weighted by atomic mass is 19.4. The van der Waals surface area contributed by atoms with Gasteiger partial charge in [0.25, 0.3) is 0 Å². The molecule has 136 valence electrons. The molecule has 0 bridgehead atoms. The number of fused-ring (bicyclic) bond motifs is 1. The number of rotatable bonds is 4. The molecule has 2 aromatic rings. The van der Waals surface area contributed by atoms with Crippen LogP contribution < -0.4 is 10.1 Å². The molecule has 0 aliphatic carbocycles. The number of carbonyl (C=O) groups is 1. The lowest BCUT2D eigenvalue weighted by Gasteiger charge is -2.30. The Morgan fingerprint density at radius 3 is 2.60 bits per heavy atom. The lowest BCUT2D eigenvalue weighted by Crippen LogP contribution is -2.47. The van der Waals surface area contributed by atoms with Crippen LogP contribution in [0.15, 0.2) is 18.2 Å². The first-order valence-electron chi connectivity index (χ1n) is 8.17. The van der Waals surface area contributed by atoms with Gasteiger partial charge >= 0.3 is 12.4 Å². The molecule has 1 aliphatic heterocycles. The average molecular weight is 355 g/mol. The van der Waals surface area contributed by atoms with Crippen LogP contribution in [0.1, 0.15) is 37.4 Å². The fraction of sp³-hybridized carbons (Fsp3) is 0.471. The topological polar surface area (TPSA) is 57.4 Å². The Morgan fingerprint density at radius 1 is 1.32 bits per heavy atom. The summed E-state index contributed by atoms with van der Waals surface area (Å²) in [7, 11) is 0. The van der Waals surface area contributed by atoms with Crippen molar-refractivity contribution < 1.29 is 22.7 Å². The Bertz CT molecular complexity index is 779. The van der Waals surface area contributed by atoms with Crippen molar-refractivity contribution in [1.29, 1.82) is 0 Å². The number of alkyl halides is 3. The van der Waals surface area contributed by atoms with E-state index >= 15 is 0 Å². The maximum atomic E-state index is 12.6. The smallest absolute Gasteiger partial charge is 0.405 e. The van der Waals surface area contributed by atoms with E-state index in [9.17, 15) is 18.0 Å². The van der Waals surface area contributed by atoms with Crippen molar-refractivity contribution in [2.75, 3.05) is 13.1 Å². The largest absolute Gasteiger partial charge is 0.573 e. The van der Waals surface area contributed by atoms with Crippen LogP contribution in [-0.4, -0.2) is 35.4 Å². The second-order valence-corrected chi connectivity index (χ2v) is 6.47. The second-order valence-electron chi connectivity index (χ2n) is 6.47. The molecule has 1 fully saturated rings. The Labute approximate surface area is 143 Å². The van der Waals surface area contributed by atoms with E-state index in [0.717, 1.165) is 25.2 Å². The van der Waals surface area contributed by atoms with E-state index in [-0.39, 0.29) is 24.2 Å². The molecular formula is C17H20F3N3O2. The Kier molecular flexibility index (Phi) is 4.53. The maximum Gasteiger partial charge on any atom is 0.573 e. The molecule has 0 radical (unpaired) electrons. The molecule has 1 saturated heterocycles. The maximum absolute atomic E-state index is 12.6. The van der Waals surface area contributed by atoms with Crippen LogP contribution in [0, 0.1) is 0 Å². The van der Waals surface area contributed by atoms with Crippen molar-refractivity contribution in [3.05, 3.63) is 29.5 Å². The van der Waals surface area contributed by atoms with Gasteiger partial charge in [0.15, 0.2) is 0 Å². The van der Waals surface area contributed by atoms with E-state index in [1.165, 1.54) is 6.07 Å². The number of nitrogens with one attached hydrogen (secondary N) is 2. The highest BCUT2D eigenvalue weighted by molar-refractivity contribution is 5.83. The zero-order valence-corrected chi connectivity index (χ0v) is 14.0. The van der Waals surface area contributed by atoms with Crippen LogP contribution in [0.5, 0.6) is 5.75 Å². The minimum Gasteiger partial charge on any atom is -0.405 e. The molecule has 0 atom stereocenters. The molecule has 8 heteroatoms. The van der Waals surface area contributed by atoms with Crippen molar-refractivity contribution >= 4 is 16.9 Å². The predicted molar refractivity (Wildman–Crippen MR) is 87.5 cm³/mol. The van der Waals surface area contributed by atoms with Gasteiger partial charge in [-0.05, 0) is 36.1 Å². The van der Waals surface area contributed by atoms with Gasteiger partial charge < -0.3 is 19.9 Å². The minimum absolute atomic E-state index is 0.125. The zero-order chi connectivity index (χ0) is 18.2. The number of ether oxygens (including phenoxy) is 1. The van der Waals surface area contributed by atoms with Crippen molar-refractivity contribution in [3.8, 4) is 5.75 Å². The molecule has 5 nitrogen and oxygen atoms in total. The van der Waals surface area contributed by atoms with Gasteiger partial charge in [-0.3, -0.25) is 0 Å². The number of hydrogen-bond donors (Lipinski definition) is 2.